The molecule has 0 saturated carbocycles. The number of hydrogen-bond acceptors (Lipinski definition) is 2. The van der Waals surface area contributed by atoms with Gasteiger partial charge in [-0.3, -0.25) is 0 Å². The average Bonchev–Trinajstić information content (AvgIpc) is 1.99. The van der Waals surface area contributed by atoms with Gasteiger partial charge in [-0.25, -0.2) is 4.79 Å². The Labute approximate surface area is 93.6 Å². The summed E-state index contributed by atoms with van der Waals surface area (Å²) < 4.78 is 5.53. The molecule has 0 atom stereocenters. The molecule has 0 fully saturated rings. The molecular weight excluding hydrogens is 216 g/mol. The van der Waals surface area contributed by atoms with Crippen molar-refractivity contribution in [1.29, 1.82) is 0 Å². The van der Waals surface area contributed by atoms with Gasteiger partial charge < -0.3 is 9.84 Å². The molecular formula is C11H13ClO3. The van der Waals surface area contributed by atoms with Crippen molar-refractivity contribution in [3.8, 4) is 5.75 Å². The van der Waals surface area contributed by atoms with E-state index in [0.717, 1.165) is 0 Å². The van der Waals surface area contributed by atoms with Crippen LogP contribution in [0.5, 0.6) is 5.75 Å². The number of carbonyl (C=O) groups is 1. The van der Waals surface area contributed by atoms with Gasteiger partial charge in [0.2, 0.25) is 0 Å². The van der Waals surface area contributed by atoms with E-state index in [4.69, 9.17) is 21.4 Å². The number of rotatable bonds is 2. The standard InChI is InChI=1S/C11H13ClO3/c1-11(2,3)15-9-5-7(10(13)14)4-8(12)6-9/h4-6H,1-3H3,(H,13,14). The Kier molecular flexibility index (Phi) is 3.25. The lowest BCUT2D eigenvalue weighted by atomic mass is 10.1. The van der Waals surface area contributed by atoms with Crippen LogP contribution in [0.4, 0.5) is 0 Å². The number of hydrogen-bond donors (Lipinski definition) is 1. The lowest BCUT2D eigenvalue weighted by molar-refractivity contribution is 0.0694. The molecule has 0 radical (unpaired) electrons. The van der Waals surface area contributed by atoms with Crippen LogP contribution >= 0.6 is 11.6 Å². The van der Waals surface area contributed by atoms with Gasteiger partial charge in [-0.15, -0.1) is 0 Å². The highest BCUT2D eigenvalue weighted by atomic mass is 35.5. The van der Waals surface area contributed by atoms with E-state index in [2.05, 4.69) is 0 Å². The first kappa shape index (κ1) is 11.9. The largest absolute Gasteiger partial charge is 0.488 e. The van der Waals surface area contributed by atoms with E-state index < -0.39 is 5.97 Å². The van der Waals surface area contributed by atoms with Crippen LogP contribution in [0.1, 0.15) is 31.1 Å². The number of carboxylic acids is 1. The molecule has 0 aliphatic rings. The zero-order chi connectivity index (χ0) is 11.6. The summed E-state index contributed by atoms with van der Waals surface area (Å²) in [6.07, 6.45) is 0. The smallest absolute Gasteiger partial charge is 0.335 e. The molecule has 0 heterocycles. The van der Waals surface area contributed by atoms with Crippen LogP contribution in [0.3, 0.4) is 0 Å². The summed E-state index contributed by atoms with van der Waals surface area (Å²) in [4.78, 5) is 10.8. The van der Waals surface area contributed by atoms with Crippen molar-refractivity contribution in [2.45, 2.75) is 26.4 Å². The van der Waals surface area contributed by atoms with Crippen molar-refractivity contribution in [3.05, 3.63) is 28.8 Å². The fraction of sp³-hybridized carbons (Fsp3) is 0.364. The van der Waals surface area contributed by atoms with Gasteiger partial charge in [-0.1, -0.05) is 11.6 Å². The number of halogens is 1. The first-order valence-corrected chi connectivity index (χ1v) is 4.88. The zero-order valence-corrected chi connectivity index (χ0v) is 9.63. The molecule has 1 aromatic rings. The van der Waals surface area contributed by atoms with Crippen LogP contribution in [-0.2, 0) is 0 Å². The molecule has 0 saturated heterocycles. The Hall–Kier alpha value is -1.22. The summed E-state index contributed by atoms with van der Waals surface area (Å²) in [7, 11) is 0. The van der Waals surface area contributed by atoms with Gasteiger partial charge in [0.1, 0.15) is 11.4 Å². The van der Waals surface area contributed by atoms with Crippen LogP contribution < -0.4 is 4.74 Å². The van der Waals surface area contributed by atoms with Gasteiger partial charge in [0, 0.05) is 5.02 Å². The third-order valence-corrected chi connectivity index (χ3v) is 1.76. The van der Waals surface area contributed by atoms with E-state index in [9.17, 15) is 4.79 Å². The molecule has 0 aliphatic heterocycles. The van der Waals surface area contributed by atoms with Crippen molar-refractivity contribution in [1.82, 2.24) is 0 Å². The van der Waals surface area contributed by atoms with Crippen LogP contribution in [0.2, 0.25) is 5.02 Å². The first-order chi connectivity index (χ1) is 6.78. The second-order valence-corrected chi connectivity index (χ2v) is 4.63. The second kappa shape index (κ2) is 4.11. The van der Waals surface area contributed by atoms with Crippen molar-refractivity contribution in [2.75, 3.05) is 0 Å². The fourth-order valence-corrected chi connectivity index (χ4v) is 1.32. The quantitative estimate of drug-likeness (QED) is 0.846. The van der Waals surface area contributed by atoms with E-state index in [1.165, 1.54) is 12.1 Å². The van der Waals surface area contributed by atoms with Crippen LogP contribution in [0.15, 0.2) is 18.2 Å². The van der Waals surface area contributed by atoms with Crippen LogP contribution in [-0.4, -0.2) is 16.7 Å². The van der Waals surface area contributed by atoms with Gasteiger partial charge in [-0.05, 0) is 39.0 Å². The predicted molar refractivity (Wildman–Crippen MR) is 58.8 cm³/mol. The maximum atomic E-state index is 10.8. The van der Waals surface area contributed by atoms with Crippen molar-refractivity contribution >= 4 is 17.6 Å². The Balaban J connectivity index is 3.04. The highest BCUT2D eigenvalue weighted by Crippen LogP contribution is 2.24. The summed E-state index contributed by atoms with van der Waals surface area (Å²) in [6, 6.07) is 4.44. The van der Waals surface area contributed by atoms with Crippen LogP contribution in [0, 0.1) is 0 Å². The molecule has 0 spiro atoms. The van der Waals surface area contributed by atoms with Crippen molar-refractivity contribution in [2.24, 2.45) is 0 Å². The zero-order valence-electron chi connectivity index (χ0n) is 8.87. The molecule has 0 amide bonds. The van der Waals surface area contributed by atoms with Crippen molar-refractivity contribution in [3.63, 3.8) is 0 Å². The lowest BCUT2D eigenvalue weighted by Gasteiger charge is -2.21. The molecule has 82 valence electrons. The maximum Gasteiger partial charge on any atom is 0.335 e. The predicted octanol–water partition coefficient (Wildman–Crippen LogP) is 3.22. The highest BCUT2D eigenvalue weighted by molar-refractivity contribution is 6.31. The molecule has 0 unspecified atom stereocenters. The molecule has 15 heavy (non-hydrogen) atoms. The summed E-state index contributed by atoms with van der Waals surface area (Å²) in [6.45, 7) is 5.65. The number of ether oxygens (including phenoxy) is 1. The third-order valence-electron chi connectivity index (χ3n) is 1.54. The van der Waals surface area contributed by atoms with E-state index in [1.807, 2.05) is 20.8 Å². The van der Waals surface area contributed by atoms with Gasteiger partial charge in [0.15, 0.2) is 0 Å². The second-order valence-electron chi connectivity index (χ2n) is 4.20. The monoisotopic (exact) mass is 228 g/mol. The van der Waals surface area contributed by atoms with Crippen LogP contribution in [0.25, 0.3) is 0 Å². The lowest BCUT2D eigenvalue weighted by Crippen LogP contribution is -2.23. The molecule has 0 aliphatic carbocycles. The normalized spacial score (nSPS) is 11.2. The van der Waals surface area contributed by atoms with Crippen molar-refractivity contribution < 1.29 is 14.6 Å². The summed E-state index contributed by atoms with van der Waals surface area (Å²) in [5.41, 5.74) is -0.248. The SMILES string of the molecule is CC(C)(C)Oc1cc(Cl)cc(C(=O)O)c1. The van der Waals surface area contributed by atoms with E-state index >= 15 is 0 Å². The van der Waals surface area contributed by atoms with E-state index in [1.54, 1.807) is 6.07 Å². The summed E-state index contributed by atoms with van der Waals surface area (Å²) in [5, 5.41) is 9.17. The molecule has 1 N–H and O–H groups in total. The number of aromatic carboxylic acids is 1. The van der Waals surface area contributed by atoms with Gasteiger partial charge in [0.05, 0.1) is 5.56 Å². The highest BCUT2D eigenvalue weighted by Gasteiger charge is 2.14. The number of benzene rings is 1. The van der Waals surface area contributed by atoms with Gasteiger partial charge in [-0.2, -0.15) is 0 Å². The minimum absolute atomic E-state index is 0.127. The molecule has 0 aromatic heterocycles. The molecule has 4 heteroatoms. The topological polar surface area (TPSA) is 46.5 Å². The molecule has 3 nitrogen and oxygen atoms in total. The third kappa shape index (κ3) is 3.80. The number of carboxylic acid groups (broad SMARTS) is 1. The Bertz CT molecular complexity index is 380. The van der Waals surface area contributed by atoms with Gasteiger partial charge >= 0.3 is 5.97 Å². The average molecular weight is 229 g/mol. The Morgan fingerprint density at radius 1 is 1.33 bits per heavy atom. The minimum Gasteiger partial charge on any atom is -0.488 e. The first-order valence-electron chi connectivity index (χ1n) is 4.51. The Morgan fingerprint density at radius 2 is 1.93 bits per heavy atom. The Morgan fingerprint density at radius 3 is 2.40 bits per heavy atom. The fourth-order valence-electron chi connectivity index (χ4n) is 1.10. The maximum absolute atomic E-state index is 10.8. The molecule has 0 bridgehead atoms. The molecule has 1 aromatic carbocycles. The van der Waals surface area contributed by atoms with Gasteiger partial charge in [0.25, 0.3) is 0 Å². The minimum atomic E-state index is -1.02. The summed E-state index contributed by atoms with van der Waals surface area (Å²) in [5.74, 6) is -0.552. The van der Waals surface area contributed by atoms with E-state index in [-0.39, 0.29) is 11.2 Å². The van der Waals surface area contributed by atoms with E-state index in [0.29, 0.717) is 10.8 Å². The summed E-state index contributed by atoms with van der Waals surface area (Å²) >= 11 is 5.78. The molecule has 1 rings (SSSR count).